The molecule has 0 aliphatic carbocycles. The van der Waals surface area contributed by atoms with Crippen LogP contribution >= 0.6 is 0 Å². The molecule has 12 heavy (non-hydrogen) atoms. The zero-order chi connectivity index (χ0) is 8.97. The van der Waals surface area contributed by atoms with Crippen molar-refractivity contribution < 1.29 is 0 Å². The van der Waals surface area contributed by atoms with E-state index in [0.717, 1.165) is 12.1 Å². The molecule has 3 nitrogen and oxygen atoms in total. The van der Waals surface area contributed by atoms with Crippen LogP contribution in [-0.2, 0) is 6.54 Å². The first kappa shape index (κ1) is 8.82. The predicted octanol–water partition coefficient (Wildman–Crippen LogP) is 0.926. The van der Waals surface area contributed by atoms with Crippen molar-refractivity contribution in [1.82, 2.24) is 9.55 Å². The van der Waals surface area contributed by atoms with Gasteiger partial charge in [0.05, 0.1) is 18.6 Å². The van der Waals surface area contributed by atoms with Gasteiger partial charge in [0.25, 0.3) is 0 Å². The SMILES string of the molecule is C#CCn1cncc1[C@H](N)CC. The van der Waals surface area contributed by atoms with Crippen LogP contribution in [-0.4, -0.2) is 9.55 Å². The molecule has 0 fully saturated rings. The van der Waals surface area contributed by atoms with E-state index >= 15 is 0 Å². The van der Waals surface area contributed by atoms with Gasteiger partial charge in [-0.3, -0.25) is 0 Å². The lowest BCUT2D eigenvalue weighted by atomic mass is 10.2. The molecule has 0 unspecified atom stereocenters. The minimum atomic E-state index is 0.0425. The van der Waals surface area contributed by atoms with Gasteiger partial charge in [-0.25, -0.2) is 4.98 Å². The average molecular weight is 163 g/mol. The first-order chi connectivity index (χ1) is 5.79. The van der Waals surface area contributed by atoms with E-state index in [2.05, 4.69) is 10.9 Å². The summed E-state index contributed by atoms with van der Waals surface area (Å²) >= 11 is 0. The summed E-state index contributed by atoms with van der Waals surface area (Å²) in [6.45, 7) is 2.58. The van der Waals surface area contributed by atoms with Crippen LogP contribution < -0.4 is 5.73 Å². The third-order valence-electron chi connectivity index (χ3n) is 1.83. The van der Waals surface area contributed by atoms with Crippen LogP contribution in [0, 0.1) is 12.3 Å². The van der Waals surface area contributed by atoms with Crippen LogP contribution in [0.4, 0.5) is 0 Å². The maximum Gasteiger partial charge on any atom is 0.0957 e. The van der Waals surface area contributed by atoms with E-state index in [1.54, 1.807) is 12.5 Å². The fraction of sp³-hybridized carbons (Fsp3) is 0.444. The molecule has 0 bridgehead atoms. The number of rotatable bonds is 3. The van der Waals surface area contributed by atoms with Gasteiger partial charge in [-0.1, -0.05) is 12.8 Å². The van der Waals surface area contributed by atoms with Crippen molar-refractivity contribution in [3.8, 4) is 12.3 Å². The molecule has 0 aromatic carbocycles. The number of nitrogens with two attached hydrogens (primary N) is 1. The molecule has 1 atom stereocenters. The molecular weight excluding hydrogens is 150 g/mol. The maximum atomic E-state index is 5.84. The summed E-state index contributed by atoms with van der Waals surface area (Å²) in [5, 5.41) is 0. The Morgan fingerprint density at radius 3 is 3.17 bits per heavy atom. The summed E-state index contributed by atoms with van der Waals surface area (Å²) in [4.78, 5) is 4.00. The summed E-state index contributed by atoms with van der Waals surface area (Å²) in [6.07, 6.45) is 9.57. The number of nitrogens with zero attached hydrogens (tertiary/aromatic N) is 2. The molecule has 0 radical (unpaired) electrons. The predicted molar refractivity (Wildman–Crippen MR) is 48.3 cm³/mol. The van der Waals surface area contributed by atoms with E-state index in [-0.39, 0.29) is 6.04 Å². The standard InChI is InChI=1S/C9H13N3/c1-3-5-12-7-11-6-9(12)8(10)4-2/h1,6-8H,4-5,10H2,2H3/t8-/m1/s1. The van der Waals surface area contributed by atoms with Gasteiger partial charge in [-0.2, -0.15) is 0 Å². The fourth-order valence-corrected chi connectivity index (χ4v) is 1.08. The number of terminal acetylenes is 1. The molecule has 1 rings (SSSR count). The van der Waals surface area contributed by atoms with Crippen LogP contribution in [0.5, 0.6) is 0 Å². The van der Waals surface area contributed by atoms with Crippen LogP contribution in [0.25, 0.3) is 0 Å². The summed E-state index contributed by atoms with van der Waals surface area (Å²) in [5.41, 5.74) is 6.85. The molecule has 0 saturated carbocycles. The van der Waals surface area contributed by atoms with Gasteiger partial charge in [0.15, 0.2) is 0 Å². The summed E-state index contributed by atoms with van der Waals surface area (Å²) in [5.74, 6) is 2.56. The number of hydrogen-bond donors (Lipinski definition) is 1. The quantitative estimate of drug-likeness (QED) is 0.673. The van der Waals surface area contributed by atoms with Crippen molar-refractivity contribution in [3.63, 3.8) is 0 Å². The topological polar surface area (TPSA) is 43.8 Å². The van der Waals surface area contributed by atoms with Gasteiger partial charge >= 0.3 is 0 Å². The Hall–Kier alpha value is -1.27. The molecule has 64 valence electrons. The summed E-state index contributed by atoms with van der Waals surface area (Å²) in [6, 6.07) is 0.0425. The smallest absolute Gasteiger partial charge is 0.0957 e. The highest BCUT2D eigenvalue weighted by atomic mass is 15.1. The molecule has 0 amide bonds. The second-order valence-electron chi connectivity index (χ2n) is 2.67. The Labute approximate surface area is 72.6 Å². The van der Waals surface area contributed by atoms with Crippen molar-refractivity contribution in [2.24, 2.45) is 5.73 Å². The highest BCUT2D eigenvalue weighted by Gasteiger charge is 2.07. The Bertz CT molecular complexity index is 282. The molecule has 1 heterocycles. The lowest BCUT2D eigenvalue weighted by Gasteiger charge is -2.09. The van der Waals surface area contributed by atoms with Crippen LogP contribution in [0.1, 0.15) is 25.1 Å². The van der Waals surface area contributed by atoms with Gasteiger partial charge in [0.1, 0.15) is 0 Å². The van der Waals surface area contributed by atoms with Crippen molar-refractivity contribution in [2.45, 2.75) is 25.9 Å². The minimum Gasteiger partial charge on any atom is -0.323 e. The van der Waals surface area contributed by atoms with Gasteiger partial charge in [0, 0.05) is 12.2 Å². The van der Waals surface area contributed by atoms with E-state index in [1.807, 2.05) is 11.5 Å². The molecule has 2 N–H and O–H groups in total. The normalized spacial score (nSPS) is 12.4. The van der Waals surface area contributed by atoms with E-state index in [0.29, 0.717) is 6.54 Å². The van der Waals surface area contributed by atoms with Crippen LogP contribution in [0.2, 0.25) is 0 Å². The molecule has 1 aromatic rings. The lowest BCUT2D eigenvalue weighted by Crippen LogP contribution is -2.13. The van der Waals surface area contributed by atoms with Crippen molar-refractivity contribution >= 4 is 0 Å². The van der Waals surface area contributed by atoms with E-state index < -0.39 is 0 Å². The van der Waals surface area contributed by atoms with Crippen LogP contribution in [0.3, 0.4) is 0 Å². The van der Waals surface area contributed by atoms with Crippen molar-refractivity contribution in [3.05, 3.63) is 18.2 Å². The second-order valence-corrected chi connectivity index (χ2v) is 2.67. The molecular formula is C9H13N3. The molecule has 3 heteroatoms. The third-order valence-corrected chi connectivity index (χ3v) is 1.83. The highest BCUT2D eigenvalue weighted by Crippen LogP contribution is 2.12. The molecule has 0 aliphatic rings. The Morgan fingerprint density at radius 1 is 1.83 bits per heavy atom. The van der Waals surface area contributed by atoms with E-state index in [9.17, 15) is 0 Å². The molecule has 1 aromatic heterocycles. The molecule has 0 saturated heterocycles. The maximum absolute atomic E-state index is 5.84. The van der Waals surface area contributed by atoms with Gasteiger partial charge < -0.3 is 10.3 Å². The monoisotopic (exact) mass is 163 g/mol. The Kier molecular flexibility index (Phi) is 2.89. The summed E-state index contributed by atoms with van der Waals surface area (Å²) < 4.78 is 1.90. The van der Waals surface area contributed by atoms with Crippen molar-refractivity contribution in [2.75, 3.05) is 0 Å². The highest BCUT2D eigenvalue weighted by molar-refractivity contribution is 5.06. The van der Waals surface area contributed by atoms with E-state index in [4.69, 9.17) is 12.2 Å². The van der Waals surface area contributed by atoms with Gasteiger partial charge in [-0.05, 0) is 6.42 Å². The Morgan fingerprint density at radius 2 is 2.58 bits per heavy atom. The fourth-order valence-electron chi connectivity index (χ4n) is 1.08. The minimum absolute atomic E-state index is 0.0425. The second kappa shape index (κ2) is 3.93. The zero-order valence-corrected chi connectivity index (χ0v) is 7.20. The summed E-state index contributed by atoms with van der Waals surface area (Å²) in [7, 11) is 0. The number of imidazole rings is 1. The lowest BCUT2D eigenvalue weighted by molar-refractivity contribution is 0.627. The molecule has 0 spiro atoms. The Balaban J connectivity index is 2.84. The zero-order valence-electron chi connectivity index (χ0n) is 7.20. The first-order valence-electron chi connectivity index (χ1n) is 3.98. The van der Waals surface area contributed by atoms with Gasteiger partial charge in [0.2, 0.25) is 0 Å². The molecule has 0 aliphatic heterocycles. The van der Waals surface area contributed by atoms with Crippen molar-refractivity contribution in [1.29, 1.82) is 0 Å². The van der Waals surface area contributed by atoms with Crippen LogP contribution in [0.15, 0.2) is 12.5 Å². The first-order valence-corrected chi connectivity index (χ1v) is 3.98. The largest absolute Gasteiger partial charge is 0.323 e. The number of aromatic nitrogens is 2. The number of hydrogen-bond acceptors (Lipinski definition) is 2. The van der Waals surface area contributed by atoms with E-state index in [1.165, 1.54) is 0 Å². The third kappa shape index (κ3) is 1.66. The average Bonchev–Trinajstić information content (AvgIpc) is 2.52. The van der Waals surface area contributed by atoms with Gasteiger partial charge in [-0.15, -0.1) is 6.42 Å².